The Balaban J connectivity index is 0.000000567. The molecule has 0 aromatic heterocycles. The first kappa shape index (κ1) is 19.7. The second-order valence-electron chi connectivity index (χ2n) is 3.76. The molecule has 0 saturated carbocycles. The van der Waals surface area contributed by atoms with Gasteiger partial charge in [-0.2, -0.15) is 11.8 Å². The van der Waals surface area contributed by atoms with Crippen molar-refractivity contribution in [3.8, 4) is 0 Å². The zero-order chi connectivity index (χ0) is 16.1. The fourth-order valence-electron chi connectivity index (χ4n) is 1.12. The molecule has 0 saturated heterocycles. The van der Waals surface area contributed by atoms with Gasteiger partial charge in [0.25, 0.3) is 0 Å². The summed E-state index contributed by atoms with van der Waals surface area (Å²) in [5.74, 6) is -1.58. The third-order valence-electron chi connectivity index (χ3n) is 2.08. The molecule has 8 heteroatoms. The van der Waals surface area contributed by atoms with Crippen LogP contribution in [-0.2, 0) is 15.3 Å². The molecule has 4 N–H and O–H groups in total. The van der Waals surface area contributed by atoms with E-state index >= 15 is 0 Å². The fourth-order valence-corrected chi connectivity index (χ4v) is 2.11. The summed E-state index contributed by atoms with van der Waals surface area (Å²) in [5.41, 5.74) is 1.30. The van der Waals surface area contributed by atoms with Crippen molar-refractivity contribution in [1.29, 1.82) is 0 Å². The van der Waals surface area contributed by atoms with Gasteiger partial charge in [-0.1, -0.05) is 23.7 Å². The highest BCUT2D eigenvalue weighted by Gasteiger charge is 2.04. The van der Waals surface area contributed by atoms with Gasteiger partial charge in [-0.25, -0.2) is 9.59 Å². The number of carbonyl (C=O) groups is 2. The molecule has 1 aromatic rings. The van der Waals surface area contributed by atoms with Gasteiger partial charge in [0.2, 0.25) is 0 Å². The van der Waals surface area contributed by atoms with Gasteiger partial charge in [-0.05, 0) is 17.7 Å². The van der Waals surface area contributed by atoms with Gasteiger partial charge >= 0.3 is 11.9 Å². The predicted octanol–water partition coefficient (Wildman–Crippen LogP) is 1.31. The Hall–Kier alpha value is -1.28. The van der Waals surface area contributed by atoms with Gasteiger partial charge in [-0.15, -0.1) is 0 Å². The van der Waals surface area contributed by atoms with Crippen molar-refractivity contribution in [3.05, 3.63) is 34.9 Å². The molecular formula is C13H18ClNO5S. The molecule has 0 aliphatic carbocycles. The molecule has 118 valence electrons. The Morgan fingerprint density at radius 2 is 1.67 bits per heavy atom. The van der Waals surface area contributed by atoms with Crippen molar-refractivity contribution in [2.24, 2.45) is 0 Å². The van der Waals surface area contributed by atoms with Crippen LogP contribution in [0.3, 0.4) is 0 Å². The van der Waals surface area contributed by atoms with Gasteiger partial charge in [0.1, 0.15) is 0 Å². The minimum absolute atomic E-state index is 0.210. The van der Waals surface area contributed by atoms with E-state index in [1.807, 2.05) is 23.9 Å². The van der Waals surface area contributed by atoms with Gasteiger partial charge in [-0.3, -0.25) is 0 Å². The monoisotopic (exact) mass is 335 g/mol. The standard InChI is InChI=1S/C11H16ClNOS.C2H2O4/c12-11-3-1-10(2-4-11)9-15-8-6-13-5-7-14;3-1(4)2(5)6/h1-4,13-14H,5-9H2;(H,3,4)(H,5,6). The highest BCUT2D eigenvalue weighted by Crippen LogP contribution is 2.14. The van der Waals surface area contributed by atoms with Crippen molar-refractivity contribution in [1.82, 2.24) is 5.32 Å². The highest BCUT2D eigenvalue weighted by molar-refractivity contribution is 7.98. The number of benzene rings is 1. The molecule has 0 heterocycles. The van der Waals surface area contributed by atoms with Crippen LogP contribution in [-0.4, -0.2) is 52.7 Å². The van der Waals surface area contributed by atoms with Crippen molar-refractivity contribution in [3.63, 3.8) is 0 Å². The molecule has 6 nitrogen and oxygen atoms in total. The Labute approximate surface area is 132 Å². The van der Waals surface area contributed by atoms with Crippen molar-refractivity contribution in [2.75, 3.05) is 25.4 Å². The van der Waals surface area contributed by atoms with Gasteiger partial charge in [0, 0.05) is 29.6 Å². The second kappa shape index (κ2) is 12.5. The SMILES string of the molecule is O=C(O)C(=O)O.OCCNCCSCc1ccc(Cl)cc1. The van der Waals surface area contributed by atoms with E-state index in [-0.39, 0.29) is 6.61 Å². The van der Waals surface area contributed by atoms with E-state index in [0.29, 0.717) is 6.54 Å². The van der Waals surface area contributed by atoms with E-state index in [0.717, 1.165) is 23.1 Å². The van der Waals surface area contributed by atoms with Crippen LogP contribution in [0.4, 0.5) is 0 Å². The van der Waals surface area contributed by atoms with Crippen molar-refractivity contribution >= 4 is 35.3 Å². The summed E-state index contributed by atoms with van der Waals surface area (Å²) < 4.78 is 0. The summed E-state index contributed by atoms with van der Waals surface area (Å²) in [5, 5.41) is 27.3. The number of halogens is 1. The zero-order valence-electron chi connectivity index (χ0n) is 11.3. The minimum Gasteiger partial charge on any atom is -0.473 e. The average molecular weight is 336 g/mol. The number of hydrogen-bond acceptors (Lipinski definition) is 5. The number of carboxylic acids is 2. The fraction of sp³-hybridized carbons (Fsp3) is 0.385. The number of aliphatic carboxylic acids is 2. The topological polar surface area (TPSA) is 107 Å². The summed E-state index contributed by atoms with van der Waals surface area (Å²) in [6.45, 7) is 1.84. The zero-order valence-corrected chi connectivity index (χ0v) is 12.9. The van der Waals surface area contributed by atoms with E-state index in [2.05, 4.69) is 17.4 Å². The molecule has 0 atom stereocenters. The highest BCUT2D eigenvalue weighted by atomic mass is 35.5. The van der Waals surface area contributed by atoms with E-state index < -0.39 is 11.9 Å². The molecule has 0 unspecified atom stereocenters. The average Bonchev–Trinajstić information content (AvgIpc) is 2.45. The van der Waals surface area contributed by atoms with Gasteiger partial charge < -0.3 is 20.6 Å². The maximum absolute atomic E-state index is 9.10. The molecule has 0 fully saturated rings. The summed E-state index contributed by atoms with van der Waals surface area (Å²) in [7, 11) is 0. The summed E-state index contributed by atoms with van der Waals surface area (Å²) in [6, 6.07) is 7.94. The third-order valence-corrected chi connectivity index (χ3v) is 3.36. The van der Waals surface area contributed by atoms with Crippen molar-refractivity contribution in [2.45, 2.75) is 5.75 Å². The lowest BCUT2D eigenvalue weighted by molar-refractivity contribution is -0.159. The quantitative estimate of drug-likeness (QED) is 0.439. The number of rotatable bonds is 7. The Morgan fingerprint density at radius 3 is 2.14 bits per heavy atom. The van der Waals surface area contributed by atoms with Gasteiger partial charge in [0.05, 0.1) is 6.61 Å². The molecule has 0 radical (unpaired) electrons. The number of carboxylic acid groups (broad SMARTS) is 2. The van der Waals surface area contributed by atoms with Crippen LogP contribution < -0.4 is 5.32 Å². The van der Waals surface area contributed by atoms with Crippen LogP contribution in [0.1, 0.15) is 5.56 Å². The normalized spacial score (nSPS) is 9.62. The molecule has 0 spiro atoms. The Kier molecular flexibility index (Phi) is 11.7. The lowest BCUT2D eigenvalue weighted by atomic mass is 10.2. The molecule has 0 aliphatic heterocycles. The third kappa shape index (κ3) is 12.2. The molecule has 0 bridgehead atoms. The van der Waals surface area contributed by atoms with E-state index in [1.165, 1.54) is 5.56 Å². The van der Waals surface area contributed by atoms with E-state index in [1.54, 1.807) is 0 Å². The van der Waals surface area contributed by atoms with E-state index in [4.69, 9.17) is 36.5 Å². The van der Waals surface area contributed by atoms with Gasteiger partial charge in [0.15, 0.2) is 0 Å². The van der Waals surface area contributed by atoms with Crippen LogP contribution in [0.2, 0.25) is 5.02 Å². The molecule has 21 heavy (non-hydrogen) atoms. The van der Waals surface area contributed by atoms with Crippen LogP contribution in [0.15, 0.2) is 24.3 Å². The molecule has 0 aliphatic rings. The smallest absolute Gasteiger partial charge is 0.414 e. The largest absolute Gasteiger partial charge is 0.473 e. The number of aliphatic hydroxyl groups is 1. The molecule has 1 rings (SSSR count). The molecular weight excluding hydrogens is 318 g/mol. The Morgan fingerprint density at radius 1 is 1.10 bits per heavy atom. The van der Waals surface area contributed by atoms with Crippen molar-refractivity contribution < 1.29 is 24.9 Å². The minimum atomic E-state index is -1.82. The van der Waals surface area contributed by atoms with Crippen LogP contribution in [0.5, 0.6) is 0 Å². The maximum atomic E-state index is 9.10. The molecule has 0 amide bonds. The summed E-state index contributed by atoms with van der Waals surface area (Å²) in [6.07, 6.45) is 0. The van der Waals surface area contributed by atoms with Crippen LogP contribution in [0.25, 0.3) is 0 Å². The maximum Gasteiger partial charge on any atom is 0.414 e. The number of thioether (sulfide) groups is 1. The first-order valence-corrected chi connectivity index (χ1v) is 7.60. The summed E-state index contributed by atoms with van der Waals surface area (Å²) >= 11 is 7.67. The number of aliphatic hydroxyl groups excluding tert-OH is 1. The van der Waals surface area contributed by atoms with Crippen LogP contribution >= 0.6 is 23.4 Å². The lowest BCUT2D eigenvalue weighted by Crippen LogP contribution is -2.20. The number of nitrogens with one attached hydrogen (secondary N) is 1. The first-order valence-electron chi connectivity index (χ1n) is 6.07. The Bertz CT molecular complexity index is 415. The second-order valence-corrected chi connectivity index (χ2v) is 5.30. The van der Waals surface area contributed by atoms with Crippen LogP contribution in [0, 0.1) is 0 Å². The predicted molar refractivity (Wildman–Crippen MR) is 82.8 cm³/mol. The molecule has 1 aromatic carbocycles. The number of hydrogen-bond donors (Lipinski definition) is 4. The summed E-state index contributed by atoms with van der Waals surface area (Å²) in [4.78, 5) is 18.2. The van der Waals surface area contributed by atoms with E-state index in [9.17, 15) is 0 Å². The first-order chi connectivity index (χ1) is 9.97. The lowest BCUT2D eigenvalue weighted by Gasteiger charge is -2.03.